The maximum atomic E-state index is 13.3. The Morgan fingerprint density at radius 2 is 1.34 bits per heavy atom. The molecule has 0 fully saturated rings. The maximum absolute atomic E-state index is 13.3. The largest absolute Gasteiger partial charge is 0.508 e. The van der Waals surface area contributed by atoms with Crippen LogP contribution in [-0.4, -0.2) is 88.2 Å². The van der Waals surface area contributed by atoms with E-state index in [1.54, 1.807) is 12.1 Å². The summed E-state index contributed by atoms with van der Waals surface area (Å²) in [5, 5.41) is 34.9. The lowest BCUT2D eigenvalue weighted by Gasteiger charge is -2.25. The van der Waals surface area contributed by atoms with Crippen LogP contribution >= 0.6 is 0 Å². The number of guanidine groups is 1. The van der Waals surface area contributed by atoms with E-state index in [9.17, 15) is 34.2 Å². The second-order valence-electron chi connectivity index (χ2n) is 9.33. The first-order valence-electron chi connectivity index (χ1n) is 13.0. The normalized spacial score (nSPS) is 13.6. The van der Waals surface area contributed by atoms with Crippen molar-refractivity contribution < 1.29 is 39.3 Å². The molecule has 228 valence electrons. The molecular formula is C25H40N8O8. The van der Waals surface area contributed by atoms with Gasteiger partial charge in [-0.2, -0.15) is 0 Å². The predicted octanol–water partition coefficient (Wildman–Crippen LogP) is -2.54. The fourth-order valence-electron chi connectivity index (χ4n) is 3.71. The Labute approximate surface area is 236 Å². The first kappa shape index (κ1) is 34.6. The summed E-state index contributed by atoms with van der Waals surface area (Å²) >= 11 is 0. The number of aromatic hydroxyl groups is 1. The number of aliphatic imine (C=N–C) groups is 1. The number of phenols is 1. The molecular weight excluding hydrogens is 540 g/mol. The van der Waals surface area contributed by atoms with Crippen molar-refractivity contribution in [2.24, 2.45) is 27.9 Å². The van der Waals surface area contributed by atoms with Gasteiger partial charge in [-0.05, 0) is 62.8 Å². The molecule has 1 aromatic carbocycles. The number of amides is 3. The molecule has 14 N–H and O–H groups in total. The van der Waals surface area contributed by atoms with E-state index in [1.165, 1.54) is 12.1 Å². The number of carbonyl (C=O) groups excluding carboxylic acids is 3. The molecule has 0 aliphatic rings. The lowest BCUT2D eigenvalue weighted by molar-refractivity contribution is -0.147. The van der Waals surface area contributed by atoms with Crippen LogP contribution < -0.4 is 38.9 Å². The Hall–Kier alpha value is -4.44. The van der Waals surface area contributed by atoms with Crippen LogP contribution in [0.5, 0.6) is 5.75 Å². The summed E-state index contributed by atoms with van der Waals surface area (Å²) in [6.07, 6.45) is 0.544. The van der Waals surface area contributed by atoms with Gasteiger partial charge in [-0.25, -0.2) is 4.79 Å². The van der Waals surface area contributed by atoms with Crippen LogP contribution in [0.15, 0.2) is 29.3 Å². The van der Waals surface area contributed by atoms with Crippen molar-refractivity contribution >= 4 is 35.6 Å². The van der Waals surface area contributed by atoms with Crippen molar-refractivity contribution in [3.8, 4) is 5.75 Å². The molecule has 1 aromatic rings. The second-order valence-corrected chi connectivity index (χ2v) is 9.33. The number of benzene rings is 1. The highest BCUT2D eigenvalue weighted by atomic mass is 16.4. The van der Waals surface area contributed by atoms with Crippen molar-refractivity contribution in [3.05, 3.63) is 29.8 Å². The molecule has 0 aromatic heterocycles. The van der Waals surface area contributed by atoms with E-state index >= 15 is 0 Å². The number of carboxylic acids is 2. The van der Waals surface area contributed by atoms with Crippen LogP contribution in [0.25, 0.3) is 0 Å². The number of aliphatic carboxylic acids is 2. The number of carboxylic acid groups (broad SMARTS) is 2. The highest BCUT2D eigenvalue weighted by Gasteiger charge is 2.31. The minimum Gasteiger partial charge on any atom is -0.508 e. The summed E-state index contributed by atoms with van der Waals surface area (Å²) in [7, 11) is 0. The molecule has 3 amide bonds. The molecule has 0 radical (unpaired) electrons. The first-order valence-corrected chi connectivity index (χ1v) is 13.0. The van der Waals surface area contributed by atoms with Crippen molar-refractivity contribution in [3.63, 3.8) is 0 Å². The zero-order valence-electron chi connectivity index (χ0n) is 22.6. The molecule has 0 aliphatic carbocycles. The third-order valence-electron chi connectivity index (χ3n) is 5.88. The SMILES string of the molecule is NCCCCC(NC(=O)C(CCCN=C(N)N)NC(=O)C(N)Cc1ccc(O)cc1)C(=O)NC(CC(=O)O)C(=O)O. The van der Waals surface area contributed by atoms with Gasteiger partial charge >= 0.3 is 11.9 Å². The zero-order valence-corrected chi connectivity index (χ0v) is 22.6. The standard InChI is InChI=1S/C25H40N8O8/c26-10-2-1-4-17(23(39)33-19(24(40)41)13-20(35)36)32-22(38)18(5-3-11-30-25(28)29)31-21(37)16(27)12-14-6-8-15(34)9-7-14/h6-9,16-19,34H,1-5,10-13,26-27H2,(H,31,37)(H,32,38)(H,33,39)(H,35,36)(H,40,41)(H4,28,29,30). The Balaban J connectivity index is 3.06. The number of unbranched alkanes of at least 4 members (excludes halogenated alkanes) is 1. The fraction of sp³-hybridized carbons (Fsp3) is 0.520. The van der Waals surface area contributed by atoms with Crippen LogP contribution in [0.4, 0.5) is 0 Å². The second kappa shape index (κ2) is 18.0. The molecule has 0 spiro atoms. The molecule has 16 heteroatoms. The minimum atomic E-state index is -1.72. The van der Waals surface area contributed by atoms with Gasteiger partial charge in [0.15, 0.2) is 5.96 Å². The van der Waals surface area contributed by atoms with E-state index < -0.39 is 60.2 Å². The number of nitrogens with zero attached hydrogens (tertiary/aromatic N) is 1. The van der Waals surface area contributed by atoms with E-state index in [4.69, 9.17) is 28.0 Å². The molecule has 0 heterocycles. The van der Waals surface area contributed by atoms with Crippen LogP contribution in [0.3, 0.4) is 0 Å². The number of nitrogens with two attached hydrogens (primary N) is 4. The third kappa shape index (κ3) is 14.0. The Morgan fingerprint density at radius 1 is 0.805 bits per heavy atom. The predicted molar refractivity (Wildman–Crippen MR) is 148 cm³/mol. The number of hydrogen-bond donors (Lipinski definition) is 10. The number of carbonyl (C=O) groups is 5. The van der Waals surface area contributed by atoms with Crippen molar-refractivity contribution in [1.29, 1.82) is 0 Å². The summed E-state index contributed by atoms with van der Waals surface area (Å²) in [6.45, 7) is 0.457. The average Bonchev–Trinajstić information content (AvgIpc) is 2.90. The zero-order chi connectivity index (χ0) is 30.9. The smallest absolute Gasteiger partial charge is 0.326 e. The van der Waals surface area contributed by atoms with Crippen molar-refractivity contribution in [2.75, 3.05) is 13.1 Å². The highest BCUT2D eigenvalue weighted by Crippen LogP contribution is 2.11. The average molecular weight is 581 g/mol. The third-order valence-corrected chi connectivity index (χ3v) is 5.88. The van der Waals surface area contributed by atoms with Gasteiger partial charge in [0, 0.05) is 6.54 Å². The molecule has 0 saturated heterocycles. The Morgan fingerprint density at radius 3 is 1.85 bits per heavy atom. The molecule has 4 unspecified atom stereocenters. The van der Waals surface area contributed by atoms with E-state index in [0.29, 0.717) is 24.9 Å². The van der Waals surface area contributed by atoms with E-state index in [1.807, 2.05) is 0 Å². The van der Waals surface area contributed by atoms with Crippen LogP contribution in [0.2, 0.25) is 0 Å². The Bertz CT molecular complexity index is 1060. The van der Waals surface area contributed by atoms with Crippen LogP contribution in [0.1, 0.15) is 44.1 Å². The van der Waals surface area contributed by atoms with Gasteiger partial charge < -0.3 is 54.2 Å². The maximum Gasteiger partial charge on any atom is 0.326 e. The summed E-state index contributed by atoms with van der Waals surface area (Å²) in [5.41, 5.74) is 22.9. The van der Waals surface area contributed by atoms with Gasteiger partial charge in [-0.1, -0.05) is 12.1 Å². The quantitative estimate of drug-likeness (QED) is 0.0460. The minimum absolute atomic E-state index is 0.0481. The summed E-state index contributed by atoms with van der Waals surface area (Å²) < 4.78 is 0. The van der Waals surface area contributed by atoms with E-state index in [2.05, 4.69) is 20.9 Å². The van der Waals surface area contributed by atoms with Gasteiger partial charge in [-0.3, -0.25) is 24.2 Å². The Kier molecular flexibility index (Phi) is 15.2. The van der Waals surface area contributed by atoms with Crippen molar-refractivity contribution in [1.82, 2.24) is 16.0 Å². The number of phenolic OH excluding ortho intramolecular Hbond substituents is 1. The molecule has 0 bridgehead atoms. The lowest BCUT2D eigenvalue weighted by atomic mass is 10.0. The highest BCUT2D eigenvalue weighted by molar-refractivity contribution is 5.94. The van der Waals surface area contributed by atoms with Gasteiger partial charge in [0.05, 0.1) is 12.5 Å². The van der Waals surface area contributed by atoms with Crippen molar-refractivity contribution in [2.45, 2.75) is 69.1 Å². The van der Waals surface area contributed by atoms with Crippen LogP contribution in [0, 0.1) is 0 Å². The molecule has 0 saturated carbocycles. The number of nitrogens with one attached hydrogen (secondary N) is 3. The molecule has 16 nitrogen and oxygen atoms in total. The van der Waals surface area contributed by atoms with Gasteiger partial charge in [0.1, 0.15) is 23.9 Å². The van der Waals surface area contributed by atoms with E-state index in [0.717, 1.165) is 0 Å². The molecule has 41 heavy (non-hydrogen) atoms. The lowest BCUT2D eigenvalue weighted by Crippen LogP contribution is -2.57. The summed E-state index contributed by atoms with van der Waals surface area (Å²) in [5.74, 6) is -5.41. The summed E-state index contributed by atoms with van der Waals surface area (Å²) in [6, 6.07) is 0.907. The summed E-state index contributed by atoms with van der Waals surface area (Å²) in [4.78, 5) is 65.3. The number of rotatable bonds is 19. The fourth-order valence-corrected chi connectivity index (χ4v) is 3.71. The topological polar surface area (TPSA) is 299 Å². The van der Waals surface area contributed by atoms with Gasteiger partial charge in [0.2, 0.25) is 17.7 Å². The van der Waals surface area contributed by atoms with Gasteiger partial charge in [-0.15, -0.1) is 0 Å². The molecule has 1 rings (SSSR count). The van der Waals surface area contributed by atoms with Crippen LogP contribution in [-0.2, 0) is 30.4 Å². The molecule has 0 aliphatic heterocycles. The monoisotopic (exact) mass is 580 g/mol. The molecule has 4 atom stereocenters. The van der Waals surface area contributed by atoms with Gasteiger partial charge in [0.25, 0.3) is 0 Å². The van der Waals surface area contributed by atoms with E-state index in [-0.39, 0.29) is 43.9 Å². The first-order chi connectivity index (χ1) is 19.3. The number of hydrogen-bond acceptors (Lipinski definition) is 9.